The lowest BCUT2D eigenvalue weighted by Crippen LogP contribution is -2.52. The van der Waals surface area contributed by atoms with Gasteiger partial charge < -0.3 is 15.7 Å². The van der Waals surface area contributed by atoms with Gasteiger partial charge in [0.15, 0.2) is 0 Å². The van der Waals surface area contributed by atoms with Crippen LogP contribution in [-0.2, 0) is 4.79 Å². The number of urea groups is 1. The number of nitrogens with one attached hydrogen (secondary N) is 2. The average Bonchev–Trinajstić information content (AvgIpc) is 2.18. The van der Waals surface area contributed by atoms with Gasteiger partial charge in [0.2, 0.25) is 0 Å². The fourth-order valence-corrected chi connectivity index (χ4v) is 2.49. The molecule has 0 atom stereocenters. The van der Waals surface area contributed by atoms with Gasteiger partial charge in [-0.25, -0.2) is 4.79 Å². The van der Waals surface area contributed by atoms with Crippen molar-refractivity contribution < 1.29 is 14.7 Å². The molecule has 0 aromatic rings. The van der Waals surface area contributed by atoms with Gasteiger partial charge >= 0.3 is 12.0 Å². The normalized spacial score (nSPS) is 19.8. The van der Waals surface area contributed by atoms with Gasteiger partial charge in [0.1, 0.15) is 0 Å². The Morgan fingerprint density at radius 1 is 1.26 bits per heavy atom. The minimum atomic E-state index is -0.912. The number of rotatable bonds is 4. The summed E-state index contributed by atoms with van der Waals surface area (Å²) in [6, 6.07) is -0.0652. The molecule has 1 saturated carbocycles. The maximum absolute atomic E-state index is 11.9. The Bertz CT molecular complexity index is 341. The summed E-state index contributed by atoms with van der Waals surface area (Å²) in [5.74, 6) is -0.912. The van der Waals surface area contributed by atoms with E-state index in [4.69, 9.17) is 5.11 Å². The van der Waals surface area contributed by atoms with Crippen LogP contribution >= 0.6 is 0 Å². The van der Waals surface area contributed by atoms with E-state index in [1.165, 1.54) is 0 Å². The third-order valence-corrected chi connectivity index (χ3v) is 3.72. The molecule has 5 heteroatoms. The first kappa shape index (κ1) is 15.8. The van der Waals surface area contributed by atoms with Crippen LogP contribution in [0.25, 0.3) is 0 Å². The molecule has 1 rings (SSSR count). The summed E-state index contributed by atoms with van der Waals surface area (Å²) in [7, 11) is 0. The second-order valence-electron chi connectivity index (χ2n) is 6.99. The molecule has 0 heterocycles. The Hall–Kier alpha value is -1.26. The van der Waals surface area contributed by atoms with Gasteiger partial charge in [0.25, 0.3) is 0 Å². The molecule has 1 aliphatic rings. The summed E-state index contributed by atoms with van der Waals surface area (Å²) in [5.41, 5.74) is -0.360. The Balaban J connectivity index is 2.38. The molecule has 19 heavy (non-hydrogen) atoms. The fraction of sp³-hybridized carbons (Fsp3) is 0.857. The van der Waals surface area contributed by atoms with E-state index in [2.05, 4.69) is 24.5 Å². The largest absolute Gasteiger partial charge is 0.481 e. The lowest BCUT2D eigenvalue weighted by Gasteiger charge is -2.35. The van der Waals surface area contributed by atoms with Gasteiger partial charge in [-0.05, 0) is 44.9 Å². The van der Waals surface area contributed by atoms with Crippen molar-refractivity contribution in [3.8, 4) is 0 Å². The van der Waals surface area contributed by atoms with Crippen molar-refractivity contribution in [1.82, 2.24) is 10.6 Å². The predicted octanol–water partition coefficient (Wildman–Crippen LogP) is 2.51. The standard InChI is InChI=1S/C14H26N2O3/c1-13(2)7-5-10(6-8-13)15-12(19)16-14(3,4)9-11(17)18/h10H,5-9H2,1-4H3,(H,17,18)(H2,15,16,19). The van der Waals surface area contributed by atoms with Gasteiger partial charge in [0.05, 0.1) is 6.42 Å². The minimum absolute atomic E-state index is 0.0852. The van der Waals surface area contributed by atoms with Crippen LogP contribution in [0.15, 0.2) is 0 Å². The summed E-state index contributed by atoms with van der Waals surface area (Å²) in [5, 5.41) is 14.4. The first-order chi connectivity index (χ1) is 8.60. The molecular formula is C14H26N2O3. The van der Waals surface area contributed by atoms with Crippen LogP contribution in [-0.4, -0.2) is 28.7 Å². The van der Waals surface area contributed by atoms with Gasteiger partial charge in [0, 0.05) is 11.6 Å². The number of carbonyl (C=O) groups excluding carboxylic acids is 1. The van der Waals surface area contributed by atoms with Crippen molar-refractivity contribution in [3.05, 3.63) is 0 Å². The topological polar surface area (TPSA) is 78.4 Å². The van der Waals surface area contributed by atoms with Crippen molar-refractivity contribution in [1.29, 1.82) is 0 Å². The van der Waals surface area contributed by atoms with Crippen LogP contribution in [0.5, 0.6) is 0 Å². The van der Waals surface area contributed by atoms with Crippen LogP contribution in [0.2, 0.25) is 0 Å². The third kappa shape index (κ3) is 5.94. The molecule has 0 aromatic carbocycles. The van der Waals surface area contributed by atoms with Crippen molar-refractivity contribution in [2.75, 3.05) is 0 Å². The summed E-state index contributed by atoms with van der Waals surface area (Å²) in [6.45, 7) is 7.92. The average molecular weight is 270 g/mol. The van der Waals surface area contributed by atoms with E-state index in [1.807, 2.05) is 0 Å². The zero-order valence-corrected chi connectivity index (χ0v) is 12.4. The van der Waals surface area contributed by atoms with Crippen molar-refractivity contribution in [2.24, 2.45) is 5.41 Å². The number of carboxylic acids is 1. The Labute approximate surface area is 115 Å². The Morgan fingerprint density at radius 3 is 2.26 bits per heavy atom. The molecule has 0 spiro atoms. The number of amides is 2. The molecule has 0 aromatic heterocycles. The molecule has 1 fully saturated rings. The molecule has 0 unspecified atom stereocenters. The van der Waals surface area contributed by atoms with Gasteiger partial charge in [-0.1, -0.05) is 13.8 Å². The van der Waals surface area contributed by atoms with Crippen molar-refractivity contribution in [3.63, 3.8) is 0 Å². The Kier molecular flexibility index (Phi) is 4.82. The van der Waals surface area contributed by atoms with Crippen LogP contribution in [0, 0.1) is 5.41 Å². The van der Waals surface area contributed by atoms with E-state index in [0.717, 1.165) is 25.7 Å². The van der Waals surface area contributed by atoms with Crippen LogP contribution in [0.4, 0.5) is 4.79 Å². The van der Waals surface area contributed by atoms with E-state index in [9.17, 15) is 9.59 Å². The van der Waals surface area contributed by atoms with Crippen LogP contribution in [0.3, 0.4) is 0 Å². The molecule has 110 valence electrons. The van der Waals surface area contributed by atoms with Gasteiger partial charge in [-0.3, -0.25) is 4.79 Å². The maximum atomic E-state index is 11.9. The number of carboxylic acid groups (broad SMARTS) is 1. The fourth-order valence-electron chi connectivity index (χ4n) is 2.49. The van der Waals surface area contributed by atoms with E-state index in [0.29, 0.717) is 5.41 Å². The first-order valence-corrected chi connectivity index (χ1v) is 6.90. The second-order valence-corrected chi connectivity index (χ2v) is 6.99. The number of hydrogen-bond acceptors (Lipinski definition) is 2. The monoisotopic (exact) mass is 270 g/mol. The predicted molar refractivity (Wildman–Crippen MR) is 74.0 cm³/mol. The molecule has 0 aliphatic heterocycles. The highest BCUT2D eigenvalue weighted by atomic mass is 16.4. The van der Waals surface area contributed by atoms with Crippen molar-refractivity contribution in [2.45, 2.75) is 71.4 Å². The highest BCUT2D eigenvalue weighted by Crippen LogP contribution is 2.34. The minimum Gasteiger partial charge on any atom is -0.481 e. The summed E-state index contributed by atoms with van der Waals surface area (Å²) < 4.78 is 0. The van der Waals surface area contributed by atoms with E-state index >= 15 is 0 Å². The number of hydrogen-bond donors (Lipinski definition) is 3. The lowest BCUT2D eigenvalue weighted by molar-refractivity contribution is -0.138. The number of carbonyl (C=O) groups is 2. The van der Waals surface area contributed by atoms with Gasteiger partial charge in [-0.2, -0.15) is 0 Å². The van der Waals surface area contributed by atoms with E-state index < -0.39 is 11.5 Å². The first-order valence-electron chi connectivity index (χ1n) is 6.90. The van der Waals surface area contributed by atoms with Crippen molar-refractivity contribution >= 4 is 12.0 Å². The molecule has 1 aliphatic carbocycles. The highest BCUT2D eigenvalue weighted by Gasteiger charge is 2.29. The lowest BCUT2D eigenvalue weighted by atomic mass is 9.75. The van der Waals surface area contributed by atoms with Gasteiger partial charge in [-0.15, -0.1) is 0 Å². The molecular weight excluding hydrogens is 244 g/mol. The quantitative estimate of drug-likeness (QED) is 0.734. The smallest absolute Gasteiger partial charge is 0.315 e. The second kappa shape index (κ2) is 5.80. The zero-order chi connectivity index (χ0) is 14.7. The molecule has 0 radical (unpaired) electrons. The van der Waals surface area contributed by atoms with Crippen LogP contribution in [0.1, 0.15) is 59.8 Å². The van der Waals surface area contributed by atoms with Crippen LogP contribution < -0.4 is 10.6 Å². The maximum Gasteiger partial charge on any atom is 0.315 e. The molecule has 2 amide bonds. The summed E-state index contributed by atoms with van der Waals surface area (Å²) in [4.78, 5) is 22.5. The highest BCUT2D eigenvalue weighted by molar-refractivity contribution is 5.76. The molecule has 5 nitrogen and oxygen atoms in total. The summed E-state index contributed by atoms with van der Waals surface area (Å²) >= 11 is 0. The molecule has 0 bridgehead atoms. The van der Waals surface area contributed by atoms with E-state index in [-0.39, 0.29) is 18.5 Å². The summed E-state index contributed by atoms with van der Waals surface area (Å²) in [6.07, 6.45) is 4.10. The number of aliphatic carboxylic acids is 1. The third-order valence-electron chi connectivity index (χ3n) is 3.72. The molecule has 0 saturated heterocycles. The molecule has 3 N–H and O–H groups in total. The SMILES string of the molecule is CC1(C)CCC(NC(=O)NC(C)(C)CC(=O)O)CC1. The zero-order valence-electron chi connectivity index (χ0n) is 12.4. The van der Waals surface area contributed by atoms with E-state index in [1.54, 1.807) is 13.8 Å². The Morgan fingerprint density at radius 2 is 1.79 bits per heavy atom.